The van der Waals surface area contributed by atoms with Gasteiger partial charge in [0.25, 0.3) is 0 Å². The third-order valence-electron chi connectivity index (χ3n) is 2.07. The van der Waals surface area contributed by atoms with Crippen molar-refractivity contribution in [2.75, 3.05) is 27.4 Å². The Morgan fingerprint density at radius 1 is 1.19 bits per heavy atom. The highest BCUT2D eigenvalue weighted by molar-refractivity contribution is 5.76. The second-order valence-corrected chi connectivity index (χ2v) is 3.22. The van der Waals surface area contributed by atoms with Crippen molar-refractivity contribution in [3.63, 3.8) is 0 Å². The molecule has 0 radical (unpaired) electrons. The molecule has 0 amide bonds. The number of rotatable bonds is 7. The van der Waals surface area contributed by atoms with Crippen LogP contribution in [0.25, 0.3) is 0 Å². The van der Waals surface area contributed by atoms with Gasteiger partial charge in [-0.1, -0.05) is 0 Å². The Morgan fingerprint density at radius 3 is 2.62 bits per heavy atom. The van der Waals surface area contributed by atoms with E-state index in [1.54, 1.807) is 32.4 Å². The summed E-state index contributed by atoms with van der Waals surface area (Å²) in [6.45, 7) is 1.22. The molecular weight excluding hydrogens is 208 g/mol. The number of aldehydes is 1. The fraction of sp³-hybridized carbons (Fsp3) is 0.417. The summed E-state index contributed by atoms with van der Waals surface area (Å²) in [5.74, 6) is 1.21. The predicted octanol–water partition coefficient (Wildman–Crippen LogP) is 1.92. The molecule has 1 aromatic carbocycles. The van der Waals surface area contributed by atoms with Crippen molar-refractivity contribution in [1.29, 1.82) is 0 Å². The lowest BCUT2D eigenvalue weighted by atomic mass is 10.2. The van der Waals surface area contributed by atoms with Crippen molar-refractivity contribution < 1.29 is 19.0 Å². The number of carbonyl (C=O) groups excluding carboxylic acids is 1. The molecule has 1 aromatic rings. The molecule has 0 saturated carbocycles. The van der Waals surface area contributed by atoms with Gasteiger partial charge >= 0.3 is 0 Å². The molecule has 0 atom stereocenters. The molecule has 16 heavy (non-hydrogen) atoms. The van der Waals surface area contributed by atoms with Gasteiger partial charge in [0.1, 0.15) is 6.29 Å². The smallest absolute Gasteiger partial charge is 0.161 e. The third kappa shape index (κ3) is 3.55. The van der Waals surface area contributed by atoms with Crippen molar-refractivity contribution in [3.05, 3.63) is 23.8 Å². The van der Waals surface area contributed by atoms with Crippen LogP contribution in [0.5, 0.6) is 11.5 Å². The van der Waals surface area contributed by atoms with E-state index in [0.717, 1.165) is 12.7 Å². The van der Waals surface area contributed by atoms with Gasteiger partial charge in [-0.15, -0.1) is 0 Å². The summed E-state index contributed by atoms with van der Waals surface area (Å²) in [4.78, 5) is 10.6. The van der Waals surface area contributed by atoms with Gasteiger partial charge in [-0.3, -0.25) is 4.79 Å². The second kappa shape index (κ2) is 6.85. The van der Waals surface area contributed by atoms with Crippen LogP contribution >= 0.6 is 0 Å². The summed E-state index contributed by atoms with van der Waals surface area (Å²) < 4.78 is 15.6. The summed E-state index contributed by atoms with van der Waals surface area (Å²) >= 11 is 0. The molecule has 0 spiro atoms. The van der Waals surface area contributed by atoms with Crippen LogP contribution in [0.4, 0.5) is 0 Å². The fourth-order valence-corrected chi connectivity index (χ4v) is 1.26. The van der Waals surface area contributed by atoms with Crippen LogP contribution in [0.3, 0.4) is 0 Å². The molecule has 0 N–H and O–H groups in total. The standard InChI is InChI=1S/C12H16O4/c1-14-6-3-7-16-11-5-4-10(9-13)8-12(11)15-2/h4-5,8-9H,3,6-7H2,1-2H3. The van der Waals surface area contributed by atoms with Gasteiger partial charge in [0.2, 0.25) is 0 Å². The molecule has 0 saturated heterocycles. The van der Waals surface area contributed by atoms with Crippen molar-refractivity contribution in [3.8, 4) is 11.5 Å². The van der Waals surface area contributed by atoms with E-state index in [1.165, 1.54) is 0 Å². The quantitative estimate of drug-likeness (QED) is 0.524. The van der Waals surface area contributed by atoms with Crippen LogP contribution in [0.1, 0.15) is 16.8 Å². The minimum atomic E-state index is 0.560. The Hall–Kier alpha value is -1.55. The van der Waals surface area contributed by atoms with Crippen LogP contribution in [0.2, 0.25) is 0 Å². The van der Waals surface area contributed by atoms with E-state index in [0.29, 0.717) is 30.3 Å². The SMILES string of the molecule is COCCCOc1ccc(C=O)cc1OC. The first-order valence-corrected chi connectivity index (χ1v) is 5.06. The molecule has 1 rings (SSSR count). The number of ether oxygens (including phenoxy) is 3. The lowest BCUT2D eigenvalue weighted by Gasteiger charge is -2.10. The van der Waals surface area contributed by atoms with Crippen LogP contribution in [0, 0.1) is 0 Å². The molecule has 88 valence electrons. The van der Waals surface area contributed by atoms with Gasteiger partial charge in [-0.05, 0) is 18.2 Å². The Bertz CT molecular complexity index is 336. The van der Waals surface area contributed by atoms with Crippen molar-refractivity contribution >= 4 is 6.29 Å². The molecular formula is C12H16O4. The Morgan fingerprint density at radius 2 is 2.00 bits per heavy atom. The van der Waals surface area contributed by atoms with Crippen LogP contribution in [-0.4, -0.2) is 33.7 Å². The van der Waals surface area contributed by atoms with Gasteiger partial charge in [-0.2, -0.15) is 0 Å². The van der Waals surface area contributed by atoms with Gasteiger partial charge < -0.3 is 14.2 Å². The molecule has 0 aliphatic heterocycles. The molecule has 0 bridgehead atoms. The first-order valence-electron chi connectivity index (χ1n) is 5.06. The number of carbonyl (C=O) groups is 1. The topological polar surface area (TPSA) is 44.8 Å². The van der Waals surface area contributed by atoms with E-state index in [9.17, 15) is 4.79 Å². The number of methoxy groups -OCH3 is 2. The van der Waals surface area contributed by atoms with Crippen LogP contribution in [0.15, 0.2) is 18.2 Å². The maximum atomic E-state index is 10.6. The van der Waals surface area contributed by atoms with Gasteiger partial charge in [0.15, 0.2) is 11.5 Å². The zero-order valence-corrected chi connectivity index (χ0v) is 9.56. The molecule has 0 fully saturated rings. The number of hydrogen-bond acceptors (Lipinski definition) is 4. The van der Waals surface area contributed by atoms with E-state index in [2.05, 4.69) is 0 Å². The lowest BCUT2D eigenvalue weighted by Crippen LogP contribution is -2.02. The largest absolute Gasteiger partial charge is 0.493 e. The molecule has 0 aromatic heterocycles. The third-order valence-corrected chi connectivity index (χ3v) is 2.07. The lowest BCUT2D eigenvalue weighted by molar-refractivity contribution is 0.112. The Balaban J connectivity index is 2.61. The molecule has 0 heterocycles. The fourth-order valence-electron chi connectivity index (χ4n) is 1.26. The maximum absolute atomic E-state index is 10.6. The Labute approximate surface area is 95.1 Å². The number of hydrogen-bond donors (Lipinski definition) is 0. The minimum absolute atomic E-state index is 0.560. The highest BCUT2D eigenvalue weighted by atomic mass is 16.5. The normalized spacial score (nSPS) is 9.88. The average Bonchev–Trinajstić information content (AvgIpc) is 2.34. The van der Waals surface area contributed by atoms with E-state index in [-0.39, 0.29) is 0 Å². The molecule has 0 aliphatic rings. The summed E-state index contributed by atoms with van der Waals surface area (Å²) in [7, 11) is 3.20. The predicted molar refractivity (Wildman–Crippen MR) is 60.4 cm³/mol. The zero-order valence-electron chi connectivity index (χ0n) is 9.56. The first kappa shape index (κ1) is 12.5. The molecule has 4 heteroatoms. The summed E-state index contributed by atoms with van der Waals surface area (Å²) in [5.41, 5.74) is 0.570. The van der Waals surface area contributed by atoms with Crippen molar-refractivity contribution in [2.24, 2.45) is 0 Å². The van der Waals surface area contributed by atoms with Gasteiger partial charge in [0, 0.05) is 25.7 Å². The Kier molecular flexibility index (Phi) is 5.36. The van der Waals surface area contributed by atoms with Crippen molar-refractivity contribution in [1.82, 2.24) is 0 Å². The van der Waals surface area contributed by atoms with Crippen LogP contribution < -0.4 is 9.47 Å². The average molecular weight is 224 g/mol. The first-order chi connectivity index (χ1) is 7.81. The summed E-state index contributed by atoms with van der Waals surface area (Å²) in [5, 5.41) is 0. The highest BCUT2D eigenvalue weighted by Crippen LogP contribution is 2.27. The maximum Gasteiger partial charge on any atom is 0.161 e. The van der Waals surface area contributed by atoms with Gasteiger partial charge in [-0.25, -0.2) is 0 Å². The highest BCUT2D eigenvalue weighted by Gasteiger charge is 2.04. The summed E-state index contributed by atoms with van der Waals surface area (Å²) in [6.07, 6.45) is 1.59. The van der Waals surface area contributed by atoms with E-state index in [1.807, 2.05) is 0 Å². The molecule has 0 unspecified atom stereocenters. The molecule has 0 aliphatic carbocycles. The monoisotopic (exact) mass is 224 g/mol. The van der Waals surface area contributed by atoms with Crippen LogP contribution in [-0.2, 0) is 4.74 Å². The number of benzene rings is 1. The zero-order chi connectivity index (χ0) is 11.8. The molecule has 4 nitrogen and oxygen atoms in total. The minimum Gasteiger partial charge on any atom is -0.493 e. The van der Waals surface area contributed by atoms with Gasteiger partial charge in [0.05, 0.1) is 13.7 Å². The second-order valence-electron chi connectivity index (χ2n) is 3.22. The summed E-state index contributed by atoms with van der Waals surface area (Å²) in [6, 6.07) is 5.08. The van der Waals surface area contributed by atoms with E-state index >= 15 is 0 Å². The van der Waals surface area contributed by atoms with E-state index in [4.69, 9.17) is 14.2 Å². The van der Waals surface area contributed by atoms with E-state index < -0.39 is 0 Å². The van der Waals surface area contributed by atoms with Crippen molar-refractivity contribution in [2.45, 2.75) is 6.42 Å².